The molecule has 2 nitrogen and oxygen atoms in total. The highest BCUT2D eigenvalue weighted by molar-refractivity contribution is 6.06. The van der Waals surface area contributed by atoms with Gasteiger partial charge in [-0.3, -0.25) is 4.79 Å². The largest absolute Gasteiger partial charge is 0.399 e. The number of carbonyl (C=O) groups is 1. The van der Waals surface area contributed by atoms with E-state index in [1.54, 1.807) is 12.1 Å². The van der Waals surface area contributed by atoms with Crippen LogP contribution in [0.15, 0.2) is 42.5 Å². The number of halogens is 2. The van der Waals surface area contributed by atoms with Gasteiger partial charge in [0.05, 0.1) is 5.41 Å². The van der Waals surface area contributed by atoms with Gasteiger partial charge < -0.3 is 5.73 Å². The van der Waals surface area contributed by atoms with E-state index in [0.717, 1.165) is 30.5 Å². The Morgan fingerprint density at radius 1 is 1.00 bits per heavy atom. The monoisotopic (exact) mass is 273 g/mol. The summed E-state index contributed by atoms with van der Waals surface area (Å²) in [6, 6.07) is 10.4. The fourth-order valence-electron chi connectivity index (χ4n) is 2.49. The molecule has 2 N–H and O–H groups in total. The van der Waals surface area contributed by atoms with Gasteiger partial charge in [0.15, 0.2) is 17.4 Å². The summed E-state index contributed by atoms with van der Waals surface area (Å²) in [5, 5.41) is 0. The van der Waals surface area contributed by atoms with Crippen LogP contribution in [0.25, 0.3) is 0 Å². The van der Waals surface area contributed by atoms with Crippen molar-refractivity contribution in [3.63, 3.8) is 0 Å². The zero-order chi connectivity index (χ0) is 14.3. The Hall–Kier alpha value is -2.23. The molecular formula is C16H13F2NO. The van der Waals surface area contributed by atoms with Gasteiger partial charge >= 0.3 is 0 Å². The summed E-state index contributed by atoms with van der Waals surface area (Å²) in [5.41, 5.74) is 6.75. The fraction of sp³-hybridized carbons (Fsp3) is 0.188. The van der Waals surface area contributed by atoms with Crippen molar-refractivity contribution >= 4 is 11.5 Å². The third-order valence-corrected chi connectivity index (χ3v) is 3.83. The lowest BCUT2D eigenvalue weighted by atomic mass is 9.87. The summed E-state index contributed by atoms with van der Waals surface area (Å²) >= 11 is 0. The summed E-state index contributed by atoms with van der Waals surface area (Å²) in [6.07, 6.45) is 1.43. The molecule has 0 spiro atoms. The first kappa shape index (κ1) is 12.8. The maximum atomic E-state index is 13.3. The molecule has 0 aliphatic heterocycles. The van der Waals surface area contributed by atoms with E-state index in [4.69, 9.17) is 5.73 Å². The van der Waals surface area contributed by atoms with E-state index in [0.29, 0.717) is 5.69 Å². The van der Waals surface area contributed by atoms with Gasteiger partial charge in [0, 0.05) is 11.3 Å². The quantitative estimate of drug-likeness (QED) is 0.687. The average Bonchev–Trinajstić information content (AvgIpc) is 3.23. The van der Waals surface area contributed by atoms with Crippen molar-refractivity contribution in [2.24, 2.45) is 0 Å². The van der Waals surface area contributed by atoms with Crippen molar-refractivity contribution in [3.8, 4) is 0 Å². The third-order valence-electron chi connectivity index (χ3n) is 3.83. The third kappa shape index (κ3) is 1.97. The Bertz CT molecular complexity index is 675. The second kappa shape index (κ2) is 4.40. The lowest BCUT2D eigenvalue weighted by Gasteiger charge is -2.15. The van der Waals surface area contributed by atoms with Crippen molar-refractivity contribution in [2.45, 2.75) is 18.3 Å². The van der Waals surface area contributed by atoms with Crippen molar-refractivity contribution < 1.29 is 13.6 Å². The highest BCUT2D eigenvalue weighted by Crippen LogP contribution is 2.50. The van der Waals surface area contributed by atoms with Gasteiger partial charge in [0.25, 0.3) is 0 Å². The van der Waals surface area contributed by atoms with E-state index < -0.39 is 17.0 Å². The minimum atomic E-state index is -0.996. The summed E-state index contributed by atoms with van der Waals surface area (Å²) in [6.45, 7) is 0. The molecule has 0 saturated heterocycles. The van der Waals surface area contributed by atoms with Crippen LogP contribution in [0.1, 0.15) is 28.8 Å². The molecule has 0 unspecified atom stereocenters. The molecule has 0 radical (unpaired) electrons. The van der Waals surface area contributed by atoms with Gasteiger partial charge in [-0.2, -0.15) is 0 Å². The molecule has 1 fully saturated rings. The predicted octanol–water partition coefficient (Wildman–Crippen LogP) is 3.46. The Morgan fingerprint density at radius 3 is 2.20 bits per heavy atom. The first-order valence-electron chi connectivity index (χ1n) is 6.39. The van der Waals surface area contributed by atoms with Crippen LogP contribution in [-0.4, -0.2) is 5.78 Å². The molecule has 0 bridgehead atoms. The van der Waals surface area contributed by atoms with Crippen LogP contribution in [0.3, 0.4) is 0 Å². The molecule has 1 saturated carbocycles. The van der Waals surface area contributed by atoms with Gasteiger partial charge in [0.2, 0.25) is 0 Å². The van der Waals surface area contributed by atoms with Crippen molar-refractivity contribution in [3.05, 3.63) is 65.2 Å². The van der Waals surface area contributed by atoms with E-state index in [1.807, 2.05) is 12.1 Å². The van der Waals surface area contributed by atoms with Crippen LogP contribution < -0.4 is 5.73 Å². The molecule has 2 aromatic carbocycles. The topological polar surface area (TPSA) is 43.1 Å². The molecule has 0 amide bonds. The number of carbonyl (C=O) groups excluding carboxylic acids is 1. The lowest BCUT2D eigenvalue weighted by molar-refractivity contribution is 0.0945. The molecule has 0 atom stereocenters. The highest BCUT2D eigenvalue weighted by atomic mass is 19.2. The Labute approximate surface area is 115 Å². The van der Waals surface area contributed by atoms with E-state index in [1.165, 1.54) is 6.07 Å². The molecule has 1 aliphatic carbocycles. The maximum Gasteiger partial charge on any atom is 0.173 e. The van der Waals surface area contributed by atoms with Crippen LogP contribution in [-0.2, 0) is 5.41 Å². The van der Waals surface area contributed by atoms with Crippen LogP contribution in [0.4, 0.5) is 14.5 Å². The number of hydrogen-bond acceptors (Lipinski definition) is 2. The molecule has 102 valence electrons. The highest BCUT2D eigenvalue weighted by Gasteiger charge is 2.51. The molecule has 3 rings (SSSR count). The van der Waals surface area contributed by atoms with Gasteiger partial charge in [-0.15, -0.1) is 0 Å². The Balaban J connectivity index is 1.97. The van der Waals surface area contributed by atoms with E-state index in [-0.39, 0.29) is 11.3 Å². The summed E-state index contributed by atoms with van der Waals surface area (Å²) < 4.78 is 26.2. The second-order valence-electron chi connectivity index (χ2n) is 5.16. The standard InChI is InChI=1S/C16H13F2NO/c17-13-6-1-10(9-14(13)18)15(20)16(7-8-16)11-2-4-12(19)5-3-11/h1-6,9H,7-8,19H2. The van der Waals surface area contributed by atoms with Crippen LogP contribution in [0.2, 0.25) is 0 Å². The van der Waals surface area contributed by atoms with E-state index in [9.17, 15) is 13.6 Å². The van der Waals surface area contributed by atoms with Crippen LogP contribution in [0.5, 0.6) is 0 Å². The normalized spacial score (nSPS) is 15.9. The molecule has 0 aromatic heterocycles. The zero-order valence-electron chi connectivity index (χ0n) is 10.7. The maximum absolute atomic E-state index is 13.3. The number of anilines is 1. The zero-order valence-corrected chi connectivity index (χ0v) is 10.7. The summed E-state index contributed by atoms with van der Waals surface area (Å²) in [4.78, 5) is 12.6. The second-order valence-corrected chi connectivity index (χ2v) is 5.16. The van der Waals surface area contributed by atoms with Crippen molar-refractivity contribution in [1.29, 1.82) is 0 Å². The van der Waals surface area contributed by atoms with Crippen LogP contribution >= 0.6 is 0 Å². The number of nitrogens with two attached hydrogens (primary N) is 1. The van der Waals surface area contributed by atoms with Crippen LogP contribution in [0, 0.1) is 11.6 Å². The number of ketones is 1. The SMILES string of the molecule is Nc1ccc(C2(C(=O)c3ccc(F)c(F)c3)CC2)cc1. The van der Waals surface area contributed by atoms with E-state index >= 15 is 0 Å². The molecule has 20 heavy (non-hydrogen) atoms. The molecule has 1 aliphatic rings. The summed E-state index contributed by atoms with van der Waals surface area (Å²) in [5.74, 6) is -2.11. The predicted molar refractivity (Wildman–Crippen MR) is 72.5 cm³/mol. The van der Waals surface area contributed by atoms with Gasteiger partial charge in [-0.1, -0.05) is 12.1 Å². The average molecular weight is 273 g/mol. The van der Waals surface area contributed by atoms with Gasteiger partial charge in [-0.05, 0) is 48.7 Å². The van der Waals surface area contributed by atoms with Crippen molar-refractivity contribution in [2.75, 3.05) is 5.73 Å². The lowest BCUT2D eigenvalue weighted by Crippen LogP contribution is -2.21. The first-order chi connectivity index (χ1) is 9.53. The number of hydrogen-bond donors (Lipinski definition) is 1. The Morgan fingerprint density at radius 2 is 1.65 bits per heavy atom. The minimum Gasteiger partial charge on any atom is -0.399 e. The number of Topliss-reactive ketones (excluding diaryl/α,β-unsaturated/α-hetero) is 1. The molecule has 0 heterocycles. The first-order valence-corrected chi connectivity index (χ1v) is 6.39. The smallest absolute Gasteiger partial charge is 0.173 e. The van der Waals surface area contributed by atoms with E-state index in [2.05, 4.69) is 0 Å². The number of benzene rings is 2. The fourth-order valence-corrected chi connectivity index (χ4v) is 2.49. The minimum absolute atomic E-state index is 0.166. The molecular weight excluding hydrogens is 260 g/mol. The summed E-state index contributed by atoms with van der Waals surface area (Å²) in [7, 11) is 0. The number of rotatable bonds is 3. The molecule has 2 aromatic rings. The van der Waals surface area contributed by atoms with Gasteiger partial charge in [0.1, 0.15) is 0 Å². The van der Waals surface area contributed by atoms with Crippen molar-refractivity contribution in [1.82, 2.24) is 0 Å². The number of nitrogen functional groups attached to an aromatic ring is 1. The molecule has 4 heteroatoms. The van der Waals surface area contributed by atoms with Gasteiger partial charge in [-0.25, -0.2) is 8.78 Å². The Kier molecular flexibility index (Phi) is 2.82.